The number of aryl methyl sites for hydroxylation is 2. The van der Waals surface area contributed by atoms with Gasteiger partial charge in [0.15, 0.2) is 0 Å². The summed E-state index contributed by atoms with van der Waals surface area (Å²) >= 11 is 6.21. The highest BCUT2D eigenvalue weighted by atomic mass is 35.5. The second-order valence-electron chi connectivity index (χ2n) is 6.31. The van der Waals surface area contributed by atoms with Gasteiger partial charge in [0, 0.05) is 34.7 Å². The number of rotatable bonds is 3. The van der Waals surface area contributed by atoms with Crippen LogP contribution in [0, 0.1) is 13.8 Å². The van der Waals surface area contributed by atoms with Crippen LogP contribution in [-0.4, -0.2) is 16.5 Å². The topological polar surface area (TPSA) is 41.1 Å². The van der Waals surface area contributed by atoms with E-state index in [4.69, 9.17) is 16.6 Å². The number of benzene rings is 2. The van der Waals surface area contributed by atoms with Crippen molar-refractivity contribution < 1.29 is 0 Å². The maximum Gasteiger partial charge on any atom is 0.229 e. The fourth-order valence-corrected chi connectivity index (χ4v) is 3.30. The van der Waals surface area contributed by atoms with Gasteiger partial charge in [0.2, 0.25) is 5.95 Å². The first-order chi connectivity index (χ1) is 12.1. The third kappa shape index (κ3) is 3.17. The van der Waals surface area contributed by atoms with Gasteiger partial charge in [-0.1, -0.05) is 35.9 Å². The van der Waals surface area contributed by atoms with E-state index in [2.05, 4.69) is 39.5 Å². The van der Waals surface area contributed by atoms with E-state index in [1.165, 1.54) is 11.3 Å². The summed E-state index contributed by atoms with van der Waals surface area (Å²) in [5.74, 6) is 1.50. The molecule has 0 fully saturated rings. The van der Waals surface area contributed by atoms with E-state index >= 15 is 0 Å². The van der Waals surface area contributed by atoms with Crippen LogP contribution in [0.15, 0.2) is 48.5 Å². The van der Waals surface area contributed by atoms with Gasteiger partial charge in [-0.15, -0.1) is 0 Å². The average molecular weight is 351 g/mol. The monoisotopic (exact) mass is 350 g/mol. The average Bonchev–Trinajstić information content (AvgIpc) is 3.02. The molecule has 0 saturated heterocycles. The highest BCUT2D eigenvalue weighted by Crippen LogP contribution is 2.34. The third-order valence-corrected chi connectivity index (χ3v) is 4.84. The predicted octanol–water partition coefficient (Wildman–Crippen LogP) is 5.18. The molecule has 0 saturated carbocycles. The van der Waals surface area contributed by atoms with Gasteiger partial charge in [-0.2, -0.15) is 4.98 Å². The van der Waals surface area contributed by atoms with E-state index in [0.29, 0.717) is 5.95 Å². The Labute approximate surface area is 152 Å². The van der Waals surface area contributed by atoms with Crippen LogP contribution in [0.2, 0.25) is 5.02 Å². The van der Waals surface area contributed by atoms with E-state index in [-0.39, 0.29) is 0 Å². The quantitative estimate of drug-likeness (QED) is 0.706. The minimum absolute atomic E-state index is 0.583. The van der Waals surface area contributed by atoms with Crippen LogP contribution in [-0.2, 0) is 6.42 Å². The largest absolute Gasteiger partial charge is 0.326 e. The summed E-state index contributed by atoms with van der Waals surface area (Å²) in [6.07, 6.45) is 1.04. The van der Waals surface area contributed by atoms with Crippen molar-refractivity contribution >= 4 is 34.7 Å². The number of aromatic nitrogens is 2. The summed E-state index contributed by atoms with van der Waals surface area (Å²) in [4.78, 5) is 11.5. The summed E-state index contributed by atoms with van der Waals surface area (Å²) in [6, 6.07) is 16.4. The van der Waals surface area contributed by atoms with Crippen LogP contribution in [0.4, 0.5) is 23.1 Å². The van der Waals surface area contributed by atoms with Gasteiger partial charge in [-0.25, -0.2) is 4.98 Å². The smallest absolute Gasteiger partial charge is 0.229 e. The summed E-state index contributed by atoms with van der Waals surface area (Å²) in [5.41, 5.74) is 5.44. The van der Waals surface area contributed by atoms with E-state index in [1.54, 1.807) is 0 Å². The second kappa shape index (κ2) is 6.37. The molecule has 126 valence electrons. The van der Waals surface area contributed by atoms with Crippen molar-refractivity contribution in [1.29, 1.82) is 0 Å². The van der Waals surface area contributed by atoms with Crippen LogP contribution >= 0.6 is 11.6 Å². The van der Waals surface area contributed by atoms with Crippen LogP contribution in [0.25, 0.3) is 0 Å². The number of nitrogens with one attached hydrogen (secondary N) is 1. The minimum Gasteiger partial charge on any atom is -0.326 e. The molecule has 1 aliphatic heterocycles. The second-order valence-corrected chi connectivity index (χ2v) is 6.72. The molecule has 0 amide bonds. The number of halogens is 1. The van der Waals surface area contributed by atoms with E-state index in [0.717, 1.165) is 40.8 Å². The lowest BCUT2D eigenvalue weighted by molar-refractivity contribution is 0.959. The number of hydrogen-bond donors (Lipinski definition) is 1. The molecule has 0 unspecified atom stereocenters. The van der Waals surface area contributed by atoms with Crippen molar-refractivity contribution in [2.75, 3.05) is 16.8 Å². The summed E-state index contributed by atoms with van der Waals surface area (Å²) in [7, 11) is 0. The van der Waals surface area contributed by atoms with Gasteiger partial charge in [-0.05, 0) is 49.6 Å². The molecule has 2 heterocycles. The van der Waals surface area contributed by atoms with Crippen molar-refractivity contribution in [3.05, 3.63) is 70.4 Å². The van der Waals surface area contributed by atoms with Gasteiger partial charge in [0.1, 0.15) is 5.82 Å². The zero-order valence-electron chi connectivity index (χ0n) is 14.3. The summed E-state index contributed by atoms with van der Waals surface area (Å²) in [6.45, 7) is 4.91. The van der Waals surface area contributed by atoms with Gasteiger partial charge >= 0.3 is 0 Å². The van der Waals surface area contributed by atoms with Crippen molar-refractivity contribution in [2.45, 2.75) is 20.3 Å². The predicted molar refractivity (Wildman–Crippen MR) is 103 cm³/mol. The van der Waals surface area contributed by atoms with Gasteiger partial charge in [0.25, 0.3) is 0 Å². The Hall–Kier alpha value is -2.59. The first kappa shape index (κ1) is 15.9. The summed E-state index contributed by atoms with van der Waals surface area (Å²) in [5, 5.41) is 4.00. The molecule has 0 aliphatic carbocycles. The van der Waals surface area contributed by atoms with Crippen LogP contribution in [0.5, 0.6) is 0 Å². The zero-order valence-corrected chi connectivity index (χ0v) is 15.0. The molecule has 0 atom stereocenters. The normalized spacial score (nSPS) is 13.0. The molecule has 1 aromatic heterocycles. The zero-order chi connectivity index (χ0) is 17.4. The van der Waals surface area contributed by atoms with Crippen molar-refractivity contribution in [2.24, 2.45) is 0 Å². The highest BCUT2D eigenvalue weighted by Gasteiger charge is 2.21. The highest BCUT2D eigenvalue weighted by molar-refractivity contribution is 6.31. The van der Waals surface area contributed by atoms with Crippen molar-refractivity contribution in [1.82, 2.24) is 9.97 Å². The van der Waals surface area contributed by atoms with Gasteiger partial charge in [-0.3, -0.25) is 0 Å². The fourth-order valence-electron chi connectivity index (χ4n) is 3.12. The fraction of sp³-hybridized carbons (Fsp3) is 0.200. The number of fused-ring (bicyclic) bond motifs is 1. The Morgan fingerprint density at radius 2 is 1.88 bits per heavy atom. The van der Waals surface area contributed by atoms with E-state index in [9.17, 15) is 0 Å². The van der Waals surface area contributed by atoms with Crippen molar-refractivity contribution in [3.8, 4) is 0 Å². The molecule has 0 bridgehead atoms. The first-order valence-corrected chi connectivity index (χ1v) is 8.72. The van der Waals surface area contributed by atoms with Crippen molar-refractivity contribution in [3.63, 3.8) is 0 Å². The number of anilines is 4. The Kier molecular flexibility index (Phi) is 4.06. The third-order valence-electron chi connectivity index (χ3n) is 4.43. The molecular formula is C20H19ClN4. The lowest BCUT2D eigenvalue weighted by atomic mass is 10.2. The molecule has 25 heavy (non-hydrogen) atoms. The number of hydrogen-bond acceptors (Lipinski definition) is 4. The minimum atomic E-state index is 0.583. The molecule has 0 radical (unpaired) electrons. The summed E-state index contributed by atoms with van der Waals surface area (Å²) < 4.78 is 0. The molecule has 1 aliphatic rings. The molecule has 3 aromatic rings. The lowest BCUT2D eigenvalue weighted by Gasteiger charge is -2.19. The standard InChI is InChI=1S/C20H19ClN4/c1-13-7-8-16(12-17(13)21)23-20-22-14(2)11-19(24-20)25-10-9-15-5-3-4-6-18(15)25/h3-8,11-12H,9-10H2,1-2H3,(H,22,23,24). The SMILES string of the molecule is Cc1cc(N2CCc3ccccc32)nc(Nc2ccc(C)c(Cl)c2)n1. The van der Waals surface area contributed by atoms with Gasteiger partial charge in [0.05, 0.1) is 0 Å². The molecule has 2 aromatic carbocycles. The van der Waals surface area contributed by atoms with Crippen LogP contribution in [0.3, 0.4) is 0 Å². The van der Waals surface area contributed by atoms with E-state index < -0.39 is 0 Å². The van der Waals surface area contributed by atoms with Gasteiger partial charge < -0.3 is 10.2 Å². The molecule has 5 heteroatoms. The van der Waals surface area contributed by atoms with E-state index in [1.807, 2.05) is 38.1 Å². The Balaban J connectivity index is 1.66. The Morgan fingerprint density at radius 1 is 1.04 bits per heavy atom. The maximum atomic E-state index is 6.21. The first-order valence-electron chi connectivity index (χ1n) is 8.34. The maximum absolute atomic E-state index is 6.21. The Morgan fingerprint density at radius 3 is 2.72 bits per heavy atom. The number of para-hydroxylation sites is 1. The van der Waals surface area contributed by atoms with Crippen LogP contribution < -0.4 is 10.2 Å². The molecule has 4 rings (SSSR count). The molecule has 0 spiro atoms. The molecule has 1 N–H and O–H groups in total. The van der Waals surface area contributed by atoms with Crippen LogP contribution in [0.1, 0.15) is 16.8 Å². The number of nitrogens with zero attached hydrogens (tertiary/aromatic N) is 3. The molecule has 4 nitrogen and oxygen atoms in total. The Bertz CT molecular complexity index is 939. The molecular weight excluding hydrogens is 332 g/mol. The lowest BCUT2D eigenvalue weighted by Crippen LogP contribution is -2.16.